The van der Waals surface area contributed by atoms with Gasteiger partial charge in [0.1, 0.15) is 0 Å². The number of imidazole rings is 1. The van der Waals surface area contributed by atoms with Crippen molar-refractivity contribution in [1.29, 1.82) is 0 Å². The Kier molecular flexibility index (Phi) is 4.47. The van der Waals surface area contributed by atoms with Crippen LogP contribution in [0.5, 0.6) is 0 Å². The molecule has 2 aromatic rings. The van der Waals surface area contributed by atoms with Crippen LogP contribution in [-0.2, 0) is 0 Å². The second-order valence-electron chi connectivity index (χ2n) is 7.25. The number of benzene rings is 1. The van der Waals surface area contributed by atoms with Gasteiger partial charge in [0.05, 0.1) is 11.9 Å². The highest BCUT2D eigenvalue weighted by Crippen LogP contribution is 2.29. The Morgan fingerprint density at radius 2 is 1.88 bits per heavy atom. The number of likely N-dealkylation sites (tertiary alicyclic amines) is 1. The minimum Gasteiger partial charge on any atom is -0.371 e. The van der Waals surface area contributed by atoms with Gasteiger partial charge in [0, 0.05) is 50.3 Å². The third-order valence-corrected chi connectivity index (χ3v) is 5.53. The molecule has 2 saturated heterocycles. The Labute approximate surface area is 149 Å². The van der Waals surface area contributed by atoms with Gasteiger partial charge in [0.25, 0.3) is 5.91 Å². The number of hydrogen-bond donors (Lipinski definition) is 0. The molecular formula is C20H26N4O. The molecule has 0 aliphatic carbocycles. The first-order valence-corrected chi connectivity index (χ1v) is 9.35. The lowest BCUT2D eigenvalue weighted by atomic mass is 10.0. The SMILES string of the molecule is Cc1ccc(N2CCCC2)c(C(=O)N2CCC(n3ccnc3)CC2)c1. The summed E-state index contributed by atoms with van der Waals surface area (Å²) in [5.74, 6) is 0.190. The van der Waals surface area contributed by atoms with Crippen LogP contribution in [0.15, 0.2) is 36.9 Å². The molecule has 0 saturated carbocycles. The van der Waals surface area contributed by atoms with E-state index in [2.05, 4.69) is 39.6 Å². The molecule has 2 aliphatic rings. The van der Waals surface area contributed by atoms with Crippen molar-refractivity contribution >= 4 is 11.6 Å². The van der Waals surface area contributed by atoms with E-state index in [1.165, 1.54) is 12.8 Å². The van der Waals surface area contributed by atoms with Gasteiger partial charge in [0.2, 0.25) is 0 Å². The number of piperidine rings is 1. The van der Waals surface area contributed by atoms with E-state index >= 15 is 0 Å². The second-order valence-corrected chi connectivity index (χ2v) is 7.25. The van der Waals surface area contributed by atoms with Crippen LogP contribution in [0.2, 0.25) is 0 Å². The maximum absolute atomic E-state index is 13.2. The molecule has 0 radical (unpaired) electrons. The topological polar surface area (TPSA) is 41.4 Å². The third kappa shape index (κ3) is 3.28. The molecule has 5 nitrogen and oxygen atoms in total. The number of aromatic nitrogens is 2. The van der Waals surface area contributed by atoms with Crippen LogP contribution in [0.3, 0.4) is 0 Å². The van der Waals surface area contributed by atoms with Gasteiger partial charge in [-0.2, -0.15) is 0 Å². The lowest BCUT2D eigenvalue weighted by molar-refractivity contribution is 0.0695. The van der Waals surface area contributed by atoms with E-state index < -0.39 is 0 Å². The first-order valence-electron chi connectivity index (χ1n) is 9.35. The summed E-state index contributed by atoms with van der Waals surface area (Å²) in [4.78, 5) is 21.7. The van der Waals surface area contributed by atoms with Crippen molar-refractivity contribution in [3.8, 4) is 0 Å². The largest absolute Gasteiger partial charge is 0.371 e. The molecule has 5 heteroatoms. The fraction of sp³-hybridized carbons (Fsp3) is 0.500. The number of anilines is 1. The van der Waals surface area contributed by atoms with Crippen LogP contribution in [0.4, 0.5) is 5.69 Å². The van der Waals surface area contributed by atoms with Gasteiger partial charge in [-0.3, -0.25) is 4.79 Å². The molecule has 1 amide bonds. The first kappa shape index (κ1) is 16.2. The van der Waals surface area contributed by atoms with Crippen molar-refractivity contribution in [2.75, 3.05) is 31.1 Å². The molecule has 2 fully saturated rings. The summed E-state index contributed by atoms with van der Waals surface area (Å²) in [5, 5.41) is 0. The quantitative estimate of drug-likeness (QED) is 0.862. The first-order chi connectivity index (χ1) is 12.2. The molecule has 25 heavy (non-hydrogen) atoms. The maximum Gasteiger partial charge on any atom is 0.255 e. The third-order valence-electron chi connectivity index (χ3n) is 5.53. The normalized spacial score (nSPS) is 18.8. The Hall–Kier alpha value is -2.30. The van der Waals surface area contributed by atoms with E-state index in [9.17, 15) is 4.79 Å². The van der Waals surface area contributed by atoms with Crippen LogP contribution in [0, 0.1) is 6.92 Å². The molecule has 0 unspecified atom stereocenters. The zero-order valence-corrected chi connectivity index (χ0v) is 14.9. The Bertz CT molecular complexity index is 726. The minimum atomic E-state index is 0.190. The van der Waals surface area contributed by atoms with Gasteiger partial charge in [-0.15, -0.1) is 0 Å². The summed E-state index contributed by atoms with van der Waals surface area (Å²) in [6.45, 7) is 5.82. The average molecular weight is 338 g/mol. The smallest absolute Gasteiger partial charge is 0.255 e. The number of carbonyl (C=O) groups is 1. The molecule has 132 valence electrons. The highest BCUT2D eigenvalue weighted by atomic mass is 16.2. The lowest BCUT2D eigenvalue weighted by Gasteiger charge is -2.33. The summed E-state index contributed by atoms with van der Waals surface area (Å²) in [6.07, 6.45) is 10.2. The average Bonchev–Trinajstić information content (AvgIpc) is 3.35. The van der Waals surface area contributed by atoms with Gasteiger partial charge < -0.3 is 14.4 Å². The van der Waals surface area contributed by atoms with Crippen LogP contribution in [0.25, 0.3) is 0 Å². The van der Waals surface area contributed by atoms with Gasteiger partial charge in [-0.1, -0.05) is 11.6 Å². The van der Waals surface area contributed by atoms with E-state index in [0.29, 0.717) is 6.04 Å². The zero-order chi connectivity index (χ0) is 17.2. The van der Waals surface area contributed by atoms with Crippen molar-refractivity contribution in [3.63, 3.8) is 0 Å². The van der Waals surface area contributed by atoms with Gasteiger partial charge in [-0.25, -0.2) is 4.98 Å². The Morgan fingerprint density at radius 1 is 1.12 bits per heavy atom. The van der Waals surface area contributed by atoms with Crippen molar-refractivity contribution < 1.29 is 4.79 Å². The van der Waals surface area contributed by atoms with Crippen molar-refractivity contribution in [2.45, 2.75) is 38.6 Å². The summed E-state index contributed by atoms with van der Waals surface area (Å²) in [6, 6.07) is 6.78. The maximum atomic E-state index is 13.2. The summed E-state index contributed by atoms with van der Waals surface area (Å²) >= 11 is 0. The fourth-order valence-corrected chi connectivity index (χ4v) is 4.08. The molecule has 4 rings (SSSR count). The number of nitrogens with zero attached hydrogens (tertiary/aromatic N) is 4. The summed E-state index contributed by atoms with van der Waals surface area (Å²) < 4.78 is 2.17. The number of aryl methyl sites for hydroxylation is 1. The molecule has 0 spiro atoms. The van der Waals surface area contributed by atoms with E-state index in [4.69, 9.17) is 0 Å². The second kappa shape index (κ2) is 6.90. The molecular weight excluding hydrogens is 312 g/mol. The molecule has 2 aliphatic heterocycles. The number of carbonyl (C=O) groups excluding carboxylic acids is 1. The van der Waals surface area contributed by atoms with Crippen molar-refractivity contribution in [3.05, 3.63) is 48.0 Å². The van der Waals surface area contributed by atoms with E-state index in [-0.39, 0.29) is 5.91 Å². The minimum absolute atomic E-state index is 0.190. The fourth-order valence-electron chi connectivity index (χ4n) is 4.08. The Morgan fingerprint density at radius 3 is 2.56 bits per heavy atom. The molecule has 0 bridgehead atoms. The molecule has 3 heterocycles. The van der Waals surface area contributed by atoms with Gasteiger partial charge in [0.15, 0.2) is 0 Å². The molecule has 0 N–H and O–H groups in total. The van der Waals surface area contributed by atoms with Crippen LogP contribution >= 0.6 is 0 Å². The highest BCUT2D eigenvalue weighted by Gasteiger charge is 2.27. The van der Waals surface area contributed by atoms with E-state index in [0.717, 1.165) is 55.8 Å². The van der Waals surface area contributed by atoms with Crippen LogP contribution in [0.1, 0.15) is 47.6 Å². The monoisotopic (exact) mass is 338 g/mol. The van der Waals surface area contributed by atoms with Crippen molar-refractivity contribution in [2.24, 2.45) is 0 Å². The molecule has 0 atom stereocenters. The molecule has 1 aromatic heterocycles. The zero-order valence-electron chi connectivity index (χ0n) is 14.9. The van der Waals surface area contributed by atoms with Crippen LogP contribution < -0.4 is 4.90 Å². The number of amides is 1. The van der Waals surface area contributed by atoms with E-state index in [1.807, 2.05) is 23.6 Å². The summed E-state index contributed by atoms with van der Waals surface area (Å²) in [7, 11) is 0. The Balaban J connectivity index is 1.50. The highest BCUT2D eigenvalue weighted by molar-refractivity contribution is 6.00. The van der Waals surface area contributed by atoms with E-state index in [1.54, 1.807) is 0 Å². The molecule has 1 aromatic carbocycles. The predicted molar refractivity (Wildman–Crippen MR) is 99.0 cm³/mol. The van der Waals surface area contributed by atoms with Crippen molar-refractivity contribution in [1.82, 2.24) is 14.5 Å². The summed E-state index contributed by atoms with van der Waals surface area (Å²) in [5.41, 5.74) is 3.15. The van der Waals surface area contributed by atoms with Gasteiger partial charge in [-0.05, 0) is 44.7 Å². The number of hydrogen-bond acceptors (Lipinski definition) is 3. The van der Waals surface area contributed by atoms with Crippen LogP contribution in [-0.4, -0.2) is 46.5 Å². The lowest BCUT2D eigenvalue weighted by Crippen LogP contribution is -2.39. The van der Waals surface area contributed by atoms with Gasteiger partial charge >= 0.3 is 0 Å². The predicted octanol–water partition coefficient (Wildman–Crippen LogP) is 3.27. The number of rotatable bonds is 3. The standard InChI is InChI=1S/C20H26N4O/c1-16-4-5-19(22-9-2-3-10-22)18(14-16)20(25)23-11-6-17(7-12-23)24-13-8-21-15-24/h4-5,8,13-15,17H,2-3,6-7,9-12H2,1H3.